The fraction of sp³-hybridized carbons (Fsp3) is 0.923. The summed E-state index contributed by atoms with van der Waals surface area (Å²) in [7, 11) is 0. The molecule has 1 rings (SSSR count). The first-order valence-electron chi connectivity index (χ1n) is 6.49. The SMILES string of the molecule is CC(C)C[C@H]1CN(C(=O)OC(C)(C)C)CCN1.Cl. The van der Waals surface area contributed by atoms with Gasteiger partial charge in [-0.1, -0.05) is 13.8 Å². The number of hydrogen-bond donors (Lipinski definition) is 1. The summed E-state index contributed by atoms with van der Waals surface area (Å²) >= 11 is 0. The Morgan fingerprint density at radius 1 is 1.44 bits per heavy atom. The average molecular weight is 279 g/mol. The first kappa shape index (κ1) is 17.5. The van der Waals surface area contributed by atoms with E-state index < -0.39 is 5.60 Å². The molecule has 0 spiro atoms. The zero-order chi connectivity index (χ0) is 13.1. The van der Waals surface area contributed by atoms with E-state index >= 15 is 0 Å². The van der Waals surface area contributed by atoms with Crippen LogP contribution in [0.4, 0.5) is 4.79 Å². The molecule has 1 amide bonds. The molecular formula is C13H27ClN2O2. The molecule has 0 aromatic rings. The van der Waals surface area contributed by atoms with Gasteiger partial charge in [0.15, 0.2) is 0 Å². The van der Waals surface area contributed by atoms with Crippen LogP contribution >= 0.6 is 12.4 Å². The molecule has 0 aromatic carbocycles. The molecule has 0 aromatic heterocycles. The van der Waals surface area contributed by atoms with Gasteiger partial charge < -0.3 is 15.0 Å². The molecule has 0 bridgehead atoms. The third-order valence-electron chi connectivity index (χ3n) is 2.66. The van der Waals surface area contributed by atoms with Gasteiger partial charge in [-0.05, 0) is 33.1 Å². The van der Waals surface area contributed by atoms with Gasteiger partial charge in [-0.2, -0.15) is 0 Å². The number of nitrogens with zero attached hydrogens (tertiary/aromatic N) is 1. The van der Waals surface area contributed by atoms with Crippen LogP contribution in [0.15, 0.2) is 0 Å². The number of rotatable bonds is 2. The number of amides is 1. The van der Waals surface area contributed by atoms with Crippen molar-refractivity contribution >= 4 is 18.5 Å². The van der Waals surface area contributed by atoms with Gasteiger partial charge >= 0.3 is 6.09 Å². The predicted molar refractivity (Wildman–Crippen MR) is 76.3 cm³/mol. The largest absolute Gasteiger partial charge is 0.444 e. The van der Waals surface area contributed by atoms with E-state index in [2.05, 4.69) is 19.2 Å². The molecular weight excluding hydrogens is 252 g/mol. The van der Waals surface area contributed by atoms with Crippen LogP contribution < -0.4 is 5.32 Å². The van der Waals surface area contributed by atoms with Crippen molar-refractivity contribution in [3.05, 3.63) is 0 Å². The van der Waals surface area contributed by atoms with Gasteiger partial charge in [-0.3, -0.25) is 0 Å². The van der Waals surface area contributed by atoms with E-state index in [9.17, 15) is 4.79 Å². The van der Waals surface area contributed by atoms with E-state index in [1.54, 1.807) is 0 Å². The molecule has 1 saturated heterocycles. The standard InChI is InChI=1S/C13H26N2O2.ClH/c1-10(2)8-11-9-15(7-6-14-11)12(16)17-13(3,4)5;/h10-11,14H,6-9H2,1-5H3;1H/t11-;/m0./s1. The van der Waals surface area contributed by atoms with Crippen molar-refractivity contribution in [2.24, 2.45) is 5.92 Å². The van der Waals surface area contributed by atoms with Gasteiger partial charge in [0.25, 0.3) is 0 Å². The molecule has 5 heteroatoms. The highest BCUT2D eigenvalue weighted by Gasteiger charge is 2.27. The maximum Gasteiger partial charge on any atom is 0.410 e. The Bertz CT molecular complexity index is 264. The second kappa shape index (κ2) is 7.19. The van der Waals surface area contributed by atoms with Gasteiger partial charge in [0.2, 0.25) is 0 Å². The molecule has 0 saturated carbocycles. The third-order valence-corrected chi connectivity index (χ3v) is 2.66. The molecule has 108 valence electrons. The van der Waals surface area contributed by atoms with E-state index in [1.807, 2.05) is 25.7 Å². The zero-order valence-corrected chi connectivity index (χ0v) is 13.0. The van der Waals surface area contributed by atoms with E-state index in [4.69, 9.17) is 4.74 Å². The van der Waals surface area contributed by atoms with E-state index in [0.717, 1.165) is 26.1 Å². The lowest BCUT2D eigenvalue weighted by atomic mass is 10.0. The van der Waals surface area contributed by atoms with Crippen molar-refractivity contribution in [1.29, 1.82) is 0 Å². The van der Waals surface area contributed by atoms with Crippen LogP contribution in [0.2, 0.25) is 0 Å². The average Bonchev–Trinajstić information content (AvgIpc) is 2.14. The molecule has 4 nitrogen and oxygen atoms in total. The monoisotopic (exact) mass is 278 g/mol. The van der Waals surface area contributed by atoms with Crippen LogP contribution in [-0.4, -0.2) is 42.3 Å². The van der Waals surface area contributed by atoms with Crippen LogP contribution in [-0.2, 0) is 4.74 Å². The van der Waals surface area contributed by atoms with Gasteiger partial charge in [-0.25, -0.2) is 4.79 Å². The lowest BCUT2D eigenvalue weighted by Gasteiger charge is -2.35. The van der Waals surface area contributed by atoms with Crippen LogP contribution in [0.25, 0.3) is 0 Å². The van der Waals surface area contributed by atoms with E-state index in [0.29, 0.717) is 12.0 Å². The van der Waals surface area contributed by atoms with E-state index in [-0.39, 0.29) is 18.5 Å². The summed E-state index contributed by atoms with van der Waals surface area (Å²) < 4.78 is 5.39. The molecule has 1 N–H and O–H groups in total. The smallest absolute Gasteiger partial charge is 0.410 e. The van der Waals surface area contributed by atoms with Crippen molar-refractivity contribution in [3.63, 3.8) is 0 Å². The molecule has 18 heavy (non-hydrogen) atoms. The van der Waals surface area contributed by atoms with Crippen molar-refractivity contribution in [2.75, 3.05) is 19.6 Å². The summed E-state index contributed by atoms with van der Waals surface area (Å²) in [4.78, 5) is 13.7. The highest BCUT2D eigenvalue weighted by atomic mass is 35.5. The lowest BCUT2D eigenvalue weighted by molar-refractivity contribution is 0.0188. The van der Waals surface area contributed by atoms with Crippen LogP contribution in [0, 0.1) is 5.92 Å². The summed E-state index contributed by atoms with van der Waals surface area (Å²) in [6.07, 6.45) is 0.909. The zero-order valence-electron chi connectivity index (χ0n) is 12.2. The first-order chi connectivity index (χ1) is 7.78. The summed E-state index contributed by atoms with van der Waals surface area (Å²) in [6.45, 7) is 12.5. The maximum absolute atomic E-state index is 11.9. The van der Waals surface area contributed by atoms with Crippen molar-refractivity contribution in [2.45, 2.75) is 52.7 Å². The number of nitrogens with one attached hydrogen (secondary N) is 1. The quantitative estimate of drug-likeness (QED) is 0.844. The molecule has 1 heterocycles. The molecule has 1 aliphatic rings. The molecule has 0 unspecified atom stereocenters. The molecule has 0 aliphatic carbocycles. The molecule has 1 aliphatic heterocycles. The van der Waals surface area contributed by atoms with Gasteiger partial charge in [0, 0.05) is 25.7 Å². The number of carbonyl (C=O) groups excluding carboxylic acids is 1. The Hall–Kier alpha value is -0.480. The Kier molecular flexibility index (Phi) is 7.00. The summed E-state index contributed by atoms with van der Waals surface area (Å²) in [6, 6.07) is 0.399. The lowest BCUT2D eigenvalue weighted by Crippen LogP contribution is -2.53. The summed E-state index contributed by atoms with van der Waals surface area (Å²) in [5, 5.41) is 3.45. The maximum atomic E-state index is 11.9. The molecule has 1 atom stereocenters. The van der Waals surface area contributed by atoms with Crippen LogP contribution in [0.1, 0.15) is 41.0 Å². The number of carbonyl (C=O) groups is 1. The van der Waals surface area contributed by atoms with Gasteiger partial charge in [0.05, 0.1) is 0 Å². The first-order valence-corrected chi connectivity index (χ1v) is 6.49. The Morgan fingerprint density at radius 3 is 2.56 bits per heavy atom. The predicted octanol–water partition coefficient (Wildman–Crippen LogP) is 2.66. The Morgan fingerprint density at radius 2 is 2.06 bits per heavy atom. The number of halogens is 1. The van der Waals surface area contributed by atoms with Gasteiger partial charge in [0.1, 0.15) is 5.60 Å². The second-order valence-corrected chi connectivity index (χ2v) is 6.21. The molecule has 1 fully saturated rings. The number of piperazine rings is 1. The summed E-state index contributed by atoms with van der Waals surface area (Å²) in [5.74, 6) is 0.645. The Labute approximate surface area is 117 Å². The highest BCUT2D eigenvalue weighted by Crippen LogP contribution is 2.14. The minimum atomic E-state index is -0.407. The van der Waals surface area contributed by atoms with Crippen molar-refractivity contribution < 1.29 is 9.53 Å². The fourth-order valence-corrected chi connectivity index (χ4v) is 2.04. The Balaban J connectivity index is 0.00000289. The summed E-state index contributed by atoms with van der Waals surface area (Å²) in [5.41, 5.74) is -0.407. The topological polar surface area (TPSA) is 41.6 Å². The number of hydrogen-bond acceptors (Lipinski definition) is 3. The van der Waals surface area contributed by atoms with Crippen molar-refractivity contribution in [1.82, 2.24) is 10.2 Å². The highest BCUT2D eigenvalue weighted by molar-refractivity contribution is 5.85. The second-order valence-electron chi connectivity index (χ2n) is 6.21. The van der Waals surface area contributed by atoms with Crippen molar-refractivity contribution in [3.8, 4) is 0 Å². The van der Waals surface area contributed by atoms with E-state index in [1.165, 1.54) is 0 Å². The minimum absolute atomic E-state index is 0. The minimum Gasteiger partial charge on any atom is -0.444 e. The molecule has 0 radical (unpaired) electrons. The van der Waals surface area contributed by atoms with Crippen LogP contribution in [0.5, 0.6) is 0 Å². The third kappa shape index (κ3) is 6.45. The fourth-order valence-electron chi connectivity index (χ4n) is 2.04. The number of ether oxygens (including phenoxy) is 1. The normalized spacial score (nSPS) is 20.6. The van der Waals surface area contributed by atoms with Gasteiger partial charge in [-0.15, -0.1) is 12.4 Å². The van der Waals surface area contributed by atoms with Crippen LogP contribution in [0.3, 0.4) is 0 Å².